The molecule has 0 unspecified atom stereocenters. The lowest BCUT2D eigenvalue weighted by molar-refractivity contribution is -0.109. The number of rotatable bonds is 4. The van der Waals surface area contributed by atoms with Crippen molar-refractivity contribution < 1.29 is 4.79 Å². The lowest BCUT2D eigenvalue weighted by Gasteiger charge is -2.12. The number of benzene rings is 1. The predicted molar refractivity (Wildman–Crippen MR) is 131 cm³/mol. The van der Waals surface area contributed by atoms with Crippen LogP contribution in [0.25, 0.3) is 5.00 Å². The van der Waals surface area contributed by atoms with Gasteiger partial charge < -0.3 is 5.32 Å². The molecule has 2 fully saturated rings. The van der Waals surface area contributed by atoms with Crippen molar-refractivity contribution in [1.29, 1.82) is 0 Å². The quantitative estimate of drug-likeness (QED) is 0.548. The Bertz CT molecular complexity index is 1270. The highest BCUT2D eigenvalue weighted by Gasteiger charge is 2.52. The maximum absolute atomic E-state index is 9.63. The molecule has 7 rings (SSSR count). The number of carbonyl (C=O) groups is 1. The SMILES string of the molecule is Cc1nnc2n1-c1sc3c(c1C(c1ccccc1Cl)=NC21CC1)CCC3.O=CNCC1CC1. The minimum absolute atomic E-state index is 0.236. The van der Waals surface area contributed by atoms with Crippen LogP contribution in [0, 0.1) is 12.8 Å². The second kappa shape index (κ2) is 8.06. The van der Waals surface area contributed by atoms with Gasteiger partial charge in [-0.25, -0.2) is 0 Å². The maximum Gasteiger partial charge on any atom is 0.207 e. The van der Waals surface area contributed by atoms with E-state index < -0.39 is 0 Å². The third-order valence-corrected chi connectivity index (χ3v) is 8.56. The molecule has 2 saturated carbocycles. The van der Waals surface area contributed by atoms with Crippen LogP contribution in [0.15, 0.2) is 29.3 Å². The molecular weight excluding hydrogens is 454 g/mol. The van der Waals surface area contributed by atoms with Gasteiger partial charge in [0.15, 0.2) is 5.82 Å². The van der Waals surface area contributed by atoms with Gasteiger partial charge in [-0.15, -0.1) is 21.5 Å². The molecule has 0 saturated heterocycles. The number of hydrogen-bond donors (Lipinski definition) is 1. The first-order chi connectivity index (χ1) is 16.1. The number of amides is 1. The zero-order valence-electron chi connectivity index (χ0n) is 18.6. The monoisotopic (exact) mass is 479 g/mol. The summed E-state index contributed by atoms with van der Waals surface area (Å²) in [6.07, 6.45) is 8.93. The molecule has 1 spiro atoms. The highest BCUT2D eigenvalue weighted by atomic mass is 35.5. The van der Waals surface area contributed by atoms with E-state index in [2.05, 4.69) is 26.1 Å². The number of nitrogens with one attached hydrogen (secondary N) is 1. The molecule has 3 aromatic rings. The Morgan fingerprint density at radius 3 is 2.79 bits per heavy atom. The first-order valence-corrected chi connectivity index (χ1v) is 12.9. The van der Waals surface area contributed by atoms with Gasteiger partial charge in [0.2, 0.25) is 6.41 Å². The van der Waals surface area contributed by atoms with Crippen molar-refractivity contribution in [1.82, 2.24) is 20.1 Å². The van der Waals surface area contributed by atoms with Crippen LogP contribution >= 0.6 is 22.9 Å². The Morgan fingerprint density at radius 1 is 1.24 bits per heavy atom. The largest absolute Gasteiger partial charge is 0.358 e. The smallest absolute Gasteiger partial charge is 0.207 e. The normalized spacial score (nSPS) is 18.9. The van der Waals surface area contributed by atoms with Crippen LogP contribution in [0.4, 0.5) is 0 Å². The molecule has 4 aliphatic rings. The molecule has 1 aromatic carbocycles. The highest BCUT2D eigenvalue weighted by Crippen LogP contribution is 2.53. The van der Waals surface area contributed by atoms with E-state index >= 15 is 0 Å². The van der Waals surface area contributed by atoms with Crippen LogP contribution in [-0.4, -0.2) is 33.4 Å². The summed E-state index contributed by atoms with van der Waals surface area (Å²) in [4.78, 5) is 16.4. The van der Waals surface area contributed by atoms with Gasteiger partial charge in [-0.05, 0) is 69.4 Å². The summed E-state index contributed by atoms with van der Waals surface area (Å²) in [5.74, 6) is 2.76. The fourth-order valence-electron chi connectivity index (χ4n) is 4.86. The van der Waals surface area contributed by atoms with Gasteiger partial charge in [-0.3, -0.25) is 14.4 Å². The van der Waals surface area contributed by atoms with Crippen molar-refractivity contribution in [2.75, 3.05) is 6.54 Å². The second-order valence-corrected chi connectivity index (χ2v) is 10.9. The topological polar surface area (TPSA) is 72.2 Å². The van der Waals surface area contributed by atoms with Crippen LogP contribution < -0.4 is 5.32 Å². The third kappa shape index (κ3) is 3.62. The van der Waals surface area contributed by atoms with Crippen LogP contribution in [0.2, 0.25) is 5.02 Å². The standard InChI is InChI=1S/C20H17ClN4S.C5H9NO/c1-11-23-24-19-20(9-10-20)22-17(12-5-2-3-7-14(12)21)16-13-6-4-8-15(13)26-18(16)25(11)19;7-4-6-3-5-1-2-5/h2-3,5,7H,4,6,8-10H2,1H3;4-5H,1-3H2,(H,6,7). The summed E-state index contributed by atoms with van der Waals surface area (Å²) in [5, 5.41) is 13.6. The molecule has 2 aromatic heterocycles. The Morgan fingerprint density at radius 2 is 2.06 bits per heavy atom. The molecule has 170 valence electrons. The van der Waals surface area contributed by atoms with E-state index in [1.165, 1.54) is 40.3 Å². The van der Waals surface area contributed by atoms with Gasteiger partial charge in [0.05, 0.1) is 5.71 Å². The van der Waals surface area contributed by atoms with Crippen LogP contribution in [0.5, 0.6) is 0 Å². The van der Waals surface area contributed by atoms with E-state index in [1.54, 1.807) is 0 Å². The van der Waals surface area contributed by atoms with Crippen molar-refractivity contribution in [3.8, 4) is 5.00 Å². The number of thiophene rings is 1. The fraction of sp³-hybridized carbons (Fsp3) is 0.440. The van der Waals surface area contributed by atoms with Crippen molar-refractivity contribution in [2.24, 2.45) is 10.9 Å². The van der Waals surface area contributed by atoms with Crippen molar-refractivity contribution in [2.45, 2.75) is 57.4 Å². The van der Waals surface area contributed by atoms with Gasteiger partial charge in [0.1, 0.15) is 16.4 Å². The van der Waals surface area contributed by atoms with Gasteiger partial charge in [-0.2, -0.15) is 0 Å². The van der Waals surface area contributed by atoms with Gasteiger partial charge in [0, 0.05) is 27.6 Å². The summed E-state index contributed by atoms with van der Waals surface area (Å²) < 4.78 is 2.26. The molecule has 0 atom stereocenters. The molecule has 8 heteroatoms. The van der Waals surface area contributed by atoms with E-state index in [-0.39, 0.29) is 5.54 Å². The fourth-order valence-corrected chi connectivity index (χ4v) is 6.52. The van der Waals surface area contributed by atoms with Gasteiger partial charge in [0.25, 0.3) is 0 Å². The van der Waals surface area contributed by atoms with Crippen molar-refractivity contribution in [3.63, 3.8) is 0 Å². The molecule has 0 bridgehead atoms. The molecule has 1 aliphatic heterocycles. The molecule has 33 heavy (non-hydrogen) atoms. The van der Waals surface area contributed by atoms with Gasteiger partial charge >= 0.3 is 0 Å². The number of aryl methyl sites for hydroxylation is 2. The number of aromatic nitrogens is 3. The molecule has 0 radical (unpaired) electrons. The average molecular weight is 480 g/mol. The second-order valence-electron chi connectivity index (χ2n) is 9.39. The summed E-state index contributed by atoms with van der Waals surface area (Å²) in [7, 11) is 0. The minimum atomic E-state index is -0.236. The van der Waals surface area contributed by atoms with E-state index in [0.29, 0.717) is 0 Å². The predicted octanol–water partition coefficient (Wildman–Crippen LogP) is 4.76. The summed E-state index contributed by atoms with van der Waals surface area (Å²) >= 11 is 8.50. The Hall–Kier alpha value is -2.51. The zero-order valence-corrected chi connectivity index (χ0v) is 20.2. The Balaban J connectivity index is 0.000000255. The minimum Gasteiger partial charge on any atom is -0.358 e. The number of hydrogen-bond acceptors (Lipinski definition) is 5. The third-order valence-electron chi connectivity index (χ3n) is 6.95. The molecule has 6 nitrogen and oxygen atoms in total. The van der Waals surface area contributed by atoms with E-state index in [9.17, 15) is 4.79 Å². The first-order valence-electron chi connectivity index (χ1n) is 11.7. The number of fused-ring (bicyclic) bond motifs is 6. The summed E-state index contributed by atoms with van der Waals surface area (Å²) in [6, 6.07) is 8.08. The Kier molecular flexibility index (Phi) is 5.14. The molecular formula is C25H26ClN5OS. The number of halogens is 1. The molecule has 3 aliphatic carbocycles. The molecule has 1 amide bonds. The van der Waals surface area contributed by atoms with Crippen molar-refractivity contribution >= 4 is 35.1 Å². The van der Waals surface area contributed by atoms with E-state index in [0.717, 1.165) is 72.5 Å². The zero-order chi connectivity index (χ0) is 22.6. The maximum atomic E-state index is 9.63. The lowest BCUT2D eigenvalue weighted by Crippen LogP contribution is -2.13. The van der Waals surface area contributed by atoms with Crippen LogP contribution in [0.1, 0.15) is 65.3 Å². The average Bonchev–Trinajstić information content (AvgIpc) is 3.68. The Labute approximate surface area is 202 Å². The van der Waals surface area contributed by atoms with Gasteiger partial charge in [-0.1, -0.05) is 29.8 Å². The van der Waals surface area contributed by atoms with E-state index in [4.69, 9.17) is 16.6 Å². The number of carbonyl (C=O) groups excluding carboxylic acids is 1. The molecule has 1 N–H and O–H groups in total. The summed E-state index contributed by atoms with van der Waals surface area (Å²) in [5.41, 5.74) is 4.57. The van der Waals surface area contributed by atoms with Crippen LogP contribution in [-0.2, 0) is 23.2 Å². The first kappa shape index (κ1) is 21.1. The lowest BCUT2D eigenvalue weighted by atomic mass is 9.99. The highest BCUT2D eigenvalue weighted by molar-refractivity contribution is 7.15. The van der Waals surface area contributed by atoms with Crippen molar-refractivity contribution in [3.05, 3.63) is 62.5 Å². The molecule has 3 heterocycles. The number of aliphatic imine (C=N–C) groups is 1. The van der Waals surface area contributed by atoms with E-state index in [1.807, 2.05) is 36.5 Å². The number of nitrogens with zero attached hydrogens (tertiary/aromatic N) is 4. The summed E-state index contributed by atoms with van der Waals surface area (Å²) in [6.45, 7) is 2.94. The van der Waals surface area contributed by atoms with Crippen LogP contribution in [0.3, 0.4) is 0 Å².